The summed E-state index contributed by atoms with van der Waals surface area (Å²) in [6.45, 7) is 4.65. The highest BCUT2D eigenvalue weighted by molar-refractivity contribution is 9.10. The Kier molecular flexibility index (Phi) is 6.70. The Bertz CT molecular complexity index is 529. The van der Waals surface area contributed by atoms with Gasteiger partial charge in [-0.15, -0.1) is 6.58 Å². The summed E-state index contributed by atoms with van der Waals surface area (Å²) in [6.07, 6.45) is 8.24. The third-order valence-electron chi connectivity index (χ3n) is 4.00. The maximum Gasteiger partial charge on any atom is 0.173 e. The molecule has 120 valence electrons. The largest absolute Gasteiger partial charge is 0.495 e. The summed E-state index contributed by atoms with van der Waals surface area (Å²) in [5.74, 6) is 0.792. The Labute approximate surface area is 146 Å². The third-order valence-corrected chi connectivity index (χ3v) is 5.00. The van der Waals surface area contributed by atoms with Crippen LogP contribution in [0.5, 0.6) is 5.75 Å². The molecule has 0 unspecified atom stereocenters. The van der Waals surface area contributed by atoms with E-state index in [1.807, 2.05) is 24.3 Å². The lowest BCUT2D eigenvalue weighted by Crippen LogP contribution is -2.43. The van der Waals surface area contributed by atoms with E-state index in [0.717, 1.165) is 27.6 Å². The van der Waals surface area contributed by atoms with Crippen molar-refractivity contribution < 1.29 is 4.74 Å². The first-order chi connectivity index (χ1) is 10.7. The van der Waals surface area contributed by atoms with E-state index in [-0.39, 0.29) is 0 Å². The van der Waals surface area contributed by atoms with Crippen LogP contribution in [0.15, 0.2) is 35.3 Å². The number of methoxy groups -OCH3 is 1. The predicted octanol–water partition coefficient (Wildman–Crippen LogP) is 4.98. The Hall–Kier alpha value is -1.07. The average molecular weight is 383 g/mol. The molecule has 2 rings (SSSR count). The summed E-state index contributed by atoms with van der Waals surface area (Å²) >= 11 is 9.09. The zero-order valence-electron chi connectivity index (χ0n) is 13.0. The van der Waals surface area contributed by atoms with Gasteiger partial charge < -0.3 is 15.0 Å². The zero-order chi connectivity index (χ0) is 15.9. The number of nitrogens with one attached hydrogen (secondary N) is 1. The number of halogens is 1. The Morgan fingerprint density at radius 1 is 1.45 bits per heavy atom. The van der Waals surface area contributed by atoms with Crippen LogP contribution in [0.2, 0.25) is 0 Å². The smallest absolute Gasteiger partial charge is 0.173 e. The van der Waals surface area contributed by atoms with Crippen molar-refractivity contribution in [1.82, 2.24) is 4.90 Å². The summed E-state index contributed by atoms with van der Waals surface area (Å²) in [7, 11) is 1.66. The maximum atomic E-state index is 5.63. The van der Waals surface area contributed by atoms with Crippen LogP contribution in [0, 0.1) is 0 Å². The second-order valence-electron chi connectivity index (χ2n) is 5.51. The summed E-state index contributed by atoms with van der Waals surface area (Å²) in [5, 5.41) is 4.10. The molecule has 1 aromatic rings. The molecule has 1 aromatic carbocycles. The molecule has 3 nitrogen and oxygen atoms in total. The Morgan fingerprint density at radius 2 is 2.18 bits per heavy atom. The van der Waals surface area contributed by atoms with Crippen LogP contribution in [0.1, 0.15) is 32.1 Å². The molecular formula is C17H23BrN2OS. The van der Waals surface area contributed by atoms with Crippen LogP contribution in [0.25, 0.3) is 0 Å². The monoisotopic (exact) mass is 382 g/mol. The van der Waals surface area contributed by atoms with E-state index in [9.17, 15) is 0 Å². The van der Waals surface area contributed by atoms with Gasteiger partial charge in [0.25, 0.3) is 0 Å². The van der Waals surface area contributed by atoms with Crippen molar-refractivity contribution in [2.75, 3.05) is 19.0 Å². The fraction of sp³-hybridized carbons (Fsp3) is 0.471. The fourth-order valence-electron chi connectivity index (χ4n) is 2.86. The number of benzene rings is 1. The van der Waals surface area contributed by atoms with Gasteiger partial charge in [0.1, 0.15) is 5.75 Å². The second kappa shape index (κ2) is 8.53. The molecule has 0 radical (unpaired) electrons. The number of rotatable bonds is 5. The van der Waals surface area contributed by atoms with Gasteiger partial charge in [0, 0.05) is 24.3 Å². The van der Waals surface area contributed by atoms with Gasteiger partial charge in [-0.05, 0) is 53.1 Å². The molecule has 1 aliphatic rings. The highest BCUT2D eigenvalue weighted by Gasteiger charge is 2.22. The first-order valence-electron chi connectivity index (χ1n) is 7.67. The first kappa shape index (κ1) is 17.3. The molecule has 0 saturated heterocycles. The lowest BCUT2D eigenvalue weighted by molar-refractivity contribution is 0.263. The van der Waals surface area contributed by atoms with Crippen LogP contribution in [-0.4, -0.2) is 29.7 Å². The zero-order valence-corrected chi connectivity index (χ0v) is 15.4. The molecule has 0 aliphatic heterocycles. The van der Waals surface area contributed by atoms with Gasteiger partial charge in [-0.2, -0.15) is 0 Å². The van der Waals surface area contributed by atoms with E-state index in [0.29, 0.717) is 6.04 Å². The number of anilines is 1. The molecule has 0 aromatic heterocycles. The van der Waals surface area contributed by atoms with Gasteiger partial charge in [0.15, 0.2) is 5.11 Å². The molecule has 1 aliphatic carbocycles. The van der Waals surface area contributed by atoms with E-state index < -0.39 is 0 Å². The van der Waals surface area contributed by atoms with Gasteiger partial charge in [-0.3, -0.25) is 0 Å². The molecule has 1 N–H and O–H groups in total. The van der Waals surface area contributed by atoms with Crippen molar-refractivity contribution >= 4 is 38.9 Å². The first-order valence-corrected chi connectivity index (χ1v) is 8.88. The van der Waals surface area contributed by atoms with Crippen molar-refractivity contribution in [1.29, 1.82) is 0 Å². The maximum absolute atomic E-state index is 5.63. The van der Waals surface area contributed by atoms with Gasteiger partial charge in [0.2, 0.25) is 0 Å². The average Bonchev–Trinajstić information content (AvgIpc) is 2.55. The van der Waals surface area contributed by atoms with Crippen LogP contribution in [0.3, 0.4) is 0 Å². The van der Waals surface area contributed by atoms with Crippen molar-refractivity contribution in [3.63, 3.8) is 0 Å². The van der Waals surface area contributed by atoms with E-state index in [1.54, 1.807) is 7.11 Å². The van der Waals surface area contributed by atoms with Gasteiger partial charge >= 0.3 is 0 Å². The summed E-state index contributed by atoms with van der Waals surface area (Å²) in [5.41, 5.74) is 0.940. The minimum atomic E-state index is 0.518. The van der Waals surface area contributed by atoms with E-state index in [4.69, 9.17) is 17.0 Å². The van der Waals surface area contributed by atoms with E-state index >= 15 is 0 Å². The number of hydrogen-bond acceptors (Lipinski definition) is 2. The minimum absolute atomic E-state index is 0.518. The normalized spacial score (nSPS) is 15.2. The number of hydrogen-bond donors (Lipinski definition) is 1. The van der Waals surface area contributed by atoms with E-state index in [2.05, 4.69) is 32.7 Å². The highest BCUT2D eigenvalue weighted by atomic mass is 79.9. The molecule has 0 amide bonds. The lowest BCUT2D eigenvalue weighted by Gasteiger charge is -2.35. The van der Waals surface area contributed by atoms with Crippen LogP contribution in [-0.2, 0) is 0 Å². The molecular weight excluding hydrogens is 360 g/mol. The SMILES string of the molecule is C=CCN(C(=S)Nc1ccc(Br)c(OC)c1)C1CCCCC1. The second-order valence-corrected chi connectivity index (χ2v) is 6.75. The number of nitrogens with zero attached hydrogens (tertiary/aromatic N) is 1. The van der Waals surface area contributed by atoms with E-state index in [1.165, 1.54) is 32.1 Å². The lowest BCUT2D eigenvalue weighted by atomic mass is 9.94. The third kappa shape index (κ3) is 4.46. The standard InChI is InChI=1S/C17H23BrN2OS/c1-3-11-20(14-7-5-4-6-8-14)17(22)19-13-9-10-15(18)16(12-13)21-2/h3,9-10,12,14H,1,4-8,11H2,2H3,(H,19,22). The van der Waals surface area contributed by atoms with Crippen molar-refractivity contribution in [2.45, 2.75) is 38.1 Å². The number of thiocarbonyl (C=S) groups is 1. The molecule has 5 heteroatoms. The van der Waals surface area contributed by atoms with Crippen molar-refractivity contribution in [2.24, 2.45) is 0 Å². The summed E-state index contributed by atoms with van der Waals surface area (Å²) < 4.78 is 6.26. The molecule has 0 spiro atoms. The van der Waals surface area contributed by atoms with Gasteiger partial charge in [-0.25, -0.2) is 0 Å². The Balaban J connectivity index is 2.08. The van der Waals surface area contributed by atoms with Gasteiger partial charge in [0.05, 0.1) is 11.6 Å². The molecule has 0 heterocycles. The minimum Gasteiger partial charge on any atom is -0.495 e. The topological polar surface area (TPSA) is 24.5 Å². The molecule has 0 atom stereocenters. The number of ether oxygens (including phenoxy) is 1. The fourth-order valence-corrected chi connectivity index (χ4v) is 3.61. The van der Waals surface area contributed by atoms with Crippen LogP contribution >= 0.6 is 28.1 Å². The quantitative estimate of drug-likeness (QED) is 0.573. The predicted molar refractivity (Wildman–Crippen MR) is 101 cm³/mol. The van der Waals surface area contributed by atoms with Crippen molar-refractivity contribution in [3.8, 4) is 5.75 Å². The van der Waals surface area contributed by atoms with Gasteiger partial charge in [-0.1, -0.05) is 25.3 Å². The summed E-state index contributed by atoms with van der Waals surface area (Å²) in [4.78, 5) is 2.26. The van der Waals surface area contributed by atoms with Crippen molar-refractivity contribution in [3.05, 3.63) is 35.3 Å². The molecule has 0 bridgehead atoms. The van der Waals surface area contributed by atoms with Crippen LogP contribution < -0.4 is 10.1 Å². The highest BCUT2D eigenvalue weighted by Crippen LogP contribution is 2.28. The molecule has 22 heavy (non-hydrogen) atoms. The summed E-state index contributed by atoms with van der Waals surface area (Å²) in [6, 6.07) is 6.42. The van der Waals surface area contributed by atoms with Crippen LogP contribution in [0.4, 0.5) is 5.69 Å². The molecule has 1 saturated carbocycles. The molecule has 1 fully saturated rings. The Morgan fingerprint density at radius 3 is 2.82 bits per heavy atom.